The fraction of sp³-hybridized carbons (Fsp3) is 0.375. The number of rotatable bonds is 4. The van der Waals surface area contributed by atoms with Gasteiger partial charge in [0.05, 0.1) is 16.9 Å². The molecule has 1 heterocycles. The number of hydrogen-bond acceptors (Lipinski definition) is 3. The van der Waals surface area contributed by atoms with Crippen molar-refractivity contribution in [2.75, 3.05) is 11.9 Å². The van der Waals surface area contributed by atoms with Crippen molar-refractivity contribution in [3.63, 3.8) is 0 Å². The molecule has 7 heteroatoms. The van der Waals surface area contributed by atoms with Gasteiger partial charge in [0.15, 0.2) is 0 Å². The second-order valence-corrected chi connectivity index (χ2v) is 10.1. The van der Waals surface area contributed by atoms with Gasteiger partial charge in [-0.25, -0.2) is 0 Å². The topological polar surface area (TPSA) is 66.5 Å². The number of fused-ring (bicyclic) bond motifs is 5. The van der Waals surface area contributed by atoms with Gasteiger partial charge in [0.25, 0.3) is 0 Å². The zero-order chi connectivity index (χ0) is 21.9. The van der Waals surface area contributed by atoms with Gasteiger partial charge >= 0.3 is 0 Å². The third-order valence-electron chi connectivity index (χ3n) is 7.18. The van der Waals surface area contributed by atoms with Crippen LogP contribution in [0.3, 0.4) is 0 Å². The van der Waals surface area contributed by atoms with Crippen LogP contribution in [0.1, 0.15) is 29.9 Å². The SMILES string of the molecule is Cc1cc(Br)c(Cl)cc1NC(=O)CN1C(=O)[C@H]2[C@@H]3C[C@@H]([C@@H]2C1=O)[C@H](c1ccccc1)C3. The minimum atomic E-state index is -0.393. The summed E-state index contributed by atoms with van der Waals surface area (Å²) in [6.07, 6.45) is 1.86. The Bertz CT molecular complexity index is 1090. The lowest BCUT2D eigenvalue weighted by atomic mass is 9.73. The highest BCUT2D eigenvalue weighted by Crippen LogP contribution is 2.61. The molecule has 3 aliphatic rings. The highest BCUT2D eigenvalue weighted by atomic mass is 79.9. The van der Waals surface area contributed by atoms with Gasteiger partial charge in [0.2, 0.25) is 17.7 Å². The van der Waals surface area contributed by atoms with Gasteiger partial charge in [0, 0.05) is 10.2 Å². The van der Waals surface area contributed by atoms with Gasteiger partial charge in [-0.15, -0.1) is 0 Å². The Morgan fingerprint density at radius 1 is 1.13 bits per heavy atom. The molecule has 2 aromatic rings. The second-order valence-electron chi connectivity index (χ2n) is 8.86. The van der Waals surface area contributed by atoms with Crippen LogP contribution >= 0.6 is 27.5 Å². The van der Waals surface area contributed by atoms with Crippen molar-refractivity contribution in [2.24, 2.45) is 23.7 Å². The van der Waals surface area contributed by atoms with Crippen LogP contribution in [0.5, 0.6) is 0 Å². The minimum absolute atomic E-state index is 0.175. The molecule has 0 aromatic heterocycles. The third-order valence-corrected chi connectivity index (χ3v) is 8.37. The Hall–Kier alpha value is -2.18. The summed E-state index contributed by atoms with van der Waals surface area (Å²) in [5.41, 5.74) is 2.65. The summed E-state index contributed by atoms with van der Waals surface area (Å²) in [5.74, 6) is -0.631. The van der Waals surface area contributed by atoms with Crippen molar-refractivity contribution in [3.05, 3.63) is 63.1 Å². The largest absolute Gasteiger partial charge is 0.324 e. The van der Waals surface area contributed by atoms with E-state index in [1.165, 1.54) is 10.5 Å². The molecule has 5 rings (SSSR count). The highest BCUT2D eigenvalue weighted by molar-refractivity contribution is 9.10. The van der Waals surface area contributed by atoms with Crippen LogP contribution in [0.15, 0.2) is 46.9 Å². The molecule has 1 aliphatic heterocycles. The van der Waals surface area contributed by atoms with E-state index in [1.54, 1.807) is 6.07 Å². The molecule has 3 amide bonds. The monoisotopic (exact) mass is 500 g/mol. The van der Waals surface area contributed by atoms with Crippen LogP contribution in [0.2, 0.25) is 5.02 Å². The Morgan fingerprint density at radius 2 is 1.84 bits per heavy atom. The number of likely N-dealkylation sites (tertiary alicyclic amines) is 1. The number of halogens is 2. The normalized spacial score (nSPS) is 28.9. The molecule has 3 fully saturated rings. The average Bonchev–Trinajstić information content (AvgIpc) is 3.40. The first-order valence-electron chi connectivity index (χ1n) is 10.5. The lowest BCUT2D eigenvalue weighted by molar-refractivity contribution is -0.143. The smallest absolute Gasteiger partial charge is 0.244 e. The van der Waals surface area contributed by atoms with Crippen molar-refractivity contribution in [1.82, 2.24) is 4.90 Å². The number of nitrogens with zero attached hydrogens (tertiary/aromatic N) is 1. The predicted molar refractivity (Wildman–Crippen MR) is 122 cm³/mol. The van der Waals surface area contributed by atoms with E-state index >= 15 is 0 Å². The van der Waals surface area contributed by atoms with Gasteiger partial charge in [-0.05, 0) is 76.7 Å². The molecule has 5 atom stereocenters. The van der Waals surface area contributed by atoms with Crippen LogP contribution in [-0.4, -0.2) is 29.2 Å². The minimum Gasteiger partial charge on any atom is -0.324 e. The molecule has 2 bridgehead atoms. The van der Waals surface area contributed by atoms with E-state index in [1.807, 2.05) is 31.2 Å². The van der Waals surface area contributed by atoms with Crippen LogP contribution < -0.4 is 5.32 Å². The number of anilines is 1. The summed E-state index contributed by atoms with van der Waals surface area (Å²) in [4.78, 5) is 40.2. The number of hydrogen-bond donors (Lipinski definition) is 1. The lowest BCUT2D eigenvalue weighted by Crippen LogP contribution is -2.39. The van der Waals surface area contributed by atoms with Gasteiger partial charge in [0.1, 0.15) is 6.54 Å². The molecule has 2 aromatic carbocycles. The summed E-state index contributed by atoms with van der Waals surface area (Å²) in [6, 6.07) is 13.7. The van der Waals surface area contributed by atoms with E-state index in [4.69, 9.17) is 11.6 Å². The standard InChI is InChI=1S/C24H22BrClN2O3/c1-12-7-17(25)18(26)10-19(12)27-20(29)11-28-23(30)21-14-8-15(13-5-3-2-4-6-13)16(9-14)22(21)24(28)31/h2-7,10,14-16,21-22H,8-9,11H2,1H3,(H,27,29)/t14-,15-,16+,21-,22-/m0/s1. The second kappa shape index (κ2) is 7.75. The molecule has 0 radical (unpaired) electrons. The van der Waals surface area contributed by atoms with Crippen molar-refractivity contribution in [3.8, 4) is 0 Å². The van der Waals surface area contributed by atoms with Crippen molar-refractivity contribution in [1.29, 1.82) is 0 Å². The molecule has 0 unspecified atom stereocenters. The van der Waals surface area contributed by atoms with Crippen LogP contribution in [0, 0.1) is 30.6 Å². The van der Waals surface area contributed by atoms with Gasteiger partial charge in [-0.2, -0.15) is 0 Å². The number of imide groups is 1. The van der Waals surface area contributed by atoms with Crippen molar-refractivity contribution >= 4 is 50.9 Å². The fourth-order valence-electron chi connectivity index (χ4n) is 5.87. The number of benzene rings is 2. The van der Waals surface area contributed by atoms with Gasteiger partial charge in [-0.1, -0.05) is 41.9 Å². The molecule has 0 spiro atoms. The van der Waals surface area contributed by atoms with E-state index in [0.717, 1.165) is 22.9 Å². The summed E-state index contributed by atoms with van der Waals surface area (Å²) >= 11 is 9.49. The Morgan fingerprint density at radius 3 is 2.58 bits per heavy atom. The molecule has 1 saturated heterocycles. The number of nitrogens with one attached hydrogen (secondary N) is 1. The summed E-state index contributed by atoms with van der Waals surface area (Å²) in [7, 11) is 0. The number of carbonyl (C=O) groups excluding carboxylic acids is 3. The zero-order valence-electron chi connectivity index (χ0n) is 17.0. The van der Waals surface area contributed by atoms with E-state index in [2.05, 4.69) is 33.4 Å². The lowest BCUT2D eigenvalue weighted by Gasteiger charge is -2.28. The molecular weight excluding hydrogens is 480 g/mol. The van der Waals surface area contributed by atoms with E-state index in [0.29, 0.717) is 16.6 Å². The first-order valence-corrected chi connectivity index (χ1v) is 11.7. The van der Waals surface area contributed by atoms with E-state index in [9.17, 15) is 14.4 Å². The fourth-order valence-corrected chi connectivity index (χ4v) is 6.50. The molecule has 2 saturated carbocycles. The molecule has 5 nitrogen and oxygen atoms in total. The van der Waals surface area contributed by atoms with Gasteiger partial charge in [-0.3, -0.25) is 19.3 Å². The molecule has 31 heavy (non-hydrogen) atoms. The summed E-state index contributed by atoms with van der Waals surface area (Å²) in [6.45, 7) is 1.60. The first-order chi connectivity index (χ1) is 14.8. The number of amides is 3. The number of carbonyl (C=O) groups is 3. The molecule has 1 N–H and O–H groups in total. The Labute approximate surface area is 194 Å². The van der Waals surface area contributed by atoms with Crippen LogP contribution in [0.25, 0.3) is 0 Å². The first kappa shape index (κ1) is 20.7. The van der Waals surface area contributed by atoms with Crippen molar-refractivity contribution in [2.45, 2.75) is 25.7 Å². The summed E-state index contributed by atoms with van der Waals surface area (Å²) in [5, 5.41) is 3.27. The summed E-state index contributed by atoms with van der Waals surface area (Å²) < 4.78 is 0.742. The van der Waals surface area contributed by atoms with E-state index < -0.39 is 5.91 Å². The maximum atomic E-state index is 13.2. The third kappa shape index (κ3) is 3.40. The average molecular weight is 502 g/mol. The molecule has 160 valence electrons. The van der Waals surface area contributed by atoms with Crippen LogP contribution in [0.4, 0.5) is 5.69 Å². The number of aryl methyl sites for hydroxylation is 1. The maximum absolute atomic E-state index is 13.2. The van der Waals surface area contributed by atoms with Crippen LogP contribution in [-0.2, 0) is 14.4 Å². The van der Waals surface area contributed by atoms with Gasteiger partial charge < -0.3 is 5.32 Å². The van der Waals surface area contributed by atoms with Crippen molar-refractivity contribution < 1.29 is 14.4 Å². The van der Waals surface area contributed by atoms with E-state index in [-0.39, 0.29) is 42.0 Å². The maximum Gasteiger partial charge on any atom is 0.244 e. The molecular formula is C24H22BrClN2O3. The highest BCUT2D eigenvalue weighted by Gasteiger charge is 2.63. The predicted octanol–water partition coefficient (Wildman–Crippen LogP) is 4.77. The molecule has 2 aliphatic carbocycles. The quantitative estimate of drug-likeness (QED) is 0.614. The Balaban J connectivity index is 1.32. The Kier molecular flexibility index (Phi) is 5.18. The zero-order valence-corrected chi connectivity index (χ0v) is 19.3.